The molecule has 0 saturated carbocycles. The van der Waals surface area contributed by atoms with E-state index in [1.165, 1.54) is 5.56 Å². The fourth-order valence-electron chi connectivity index (χ4n) is 1.78. The molecule has 0 fully saturated rings. The third-order valence-corrected chi connectivity index (χ3v) is 2.77. The summed E-state index contributed by atoms with van der Waals surface area (Å²) in [7, 11) is 0. The van der Waals surface area contributed by atoms with Crippen LogP contribution in [0, 0.1) is 0 Å². The molecule has 0 aliphatic carbocycles. The van der Waals surface area contributed by atoms with E-state index in [0.29, 0.717) is 6.61 Å². The first-order valence-electron chi connectivity index (χ1n) is 7.50. The van der Waals surface area contributed by atoms with Crippen LogP contribution in [0.15, 0.2) is 35.3 Å². The van der Waals surface area contributed by atoms with Gasteiger partial charge in [-0.2, -0.15) is 0 Å². The predicted octanol–water partition coefficient (Wildman–Crippen LogP) is 3.18. The lowest BCUT2D eigenvalue weighted by atomic mass is 10.2. The minimum Gasteiger partial charge on any atom is -0.377 e. The lowest BCUT2D eigenvalue weighted by Gasteiger charge is -2.09. The molecule has 0 aromatic heterocycles. The van der Waals surface area contributed by atoms with Gasteiger partial charge in [0.05, 0.1) is 6.61 Å². The third kappa shape index (κ3) is 10.5. The molecule has 1 rings (SSSR count). The van der Waals surface area contributed by atoms with Crippen LogP contribution in [0.4, 0.5) is 0 Å². The zero-order valence-electron chi connectivity index (χ0n) is 13.1. The topological polar surface area (TPSA) is 45.7 Å². The third-order valence-electron chi connectivity index (χ3n) is 2.77. The standard InChI is InChI=1S/C16H27N3O.HI/c1-3-17-16(18-4-2)19-12-8-9-13-20-14-15-10-6-5-7-11-15;/h5-7,10-11H,3-4,8-9,12-14H2,1-2H3,(H2,17,18,19);1H. The molecule has 0 atom stereocenters. The Morgan fingerprint density at radius 3 is 2.33 bits per heavy atom. The summed E-state index contributed by atoms with van der Waals surface area (Å²) in [6, 6.07) is 10.3. The van der Waals surface area contributed by atoms with E-state index in [-0.39, 0.29) is 24.0 Å². The number of nitrogens with one attached hydrogen (secondary N) is 2. The number of nitrogens with zero attached hydrogens (tertiary/aromatic N) is 1. The number of hydrogen-bond acceptors (Lipinski definition) is 2. The lowest BCUT2D eigenvalue weighted by molar-refractivity contribution is 0.117. The molecule has 0 aliphatic rings. The Labute approximate surface area is 145 Å². The van der Waals surface area contributed by atoms with E-state index in [0.717, 1.165) is 45.0 Å². The van der Waals surface area contributed by atoms with Crippen LogP contribution in [0.3, 0.4) is 0 Å². The van der Waals surface area contributed by atoms with Gasteiger partial charge >= 0.3 is 0 Å². The van der Waals surface area contributed by atoms with Crippen LogP contribution in [-0.2, 0) is 11.3 Å². The quantitative estimate of drug-likeness (QED) is 0.287. The van der Waals surface area contributed by atoms with E-state index in [1.54, 1.807) is 0 Å². The van der Waals surface area contributed by atoms with Gasteiger partial charge in [-0.1, -0.05) is 30.3 Å². The molecule has 0 radical (unpaired) electrons. The first kappa shape index (κ1) is 20.2. The van der Waals surface area contributed by atoms with Crippen molar-refractivity contribution in [3.63, 3.8) is 0 Å². The van der Waals surface area contributed by atoms with Crippen LogP contribution >= 0.6 is 24.0 Å². The highest BCUT2D eigenvalue weighted by Gasteiger charge is 1.95. The van der Waals surface area contributed by atoms with E-state index < -0.39 is 0 Å². The summed E-state index contributed by atoms with van der Waals surface area (Å²) in [6.07, 6.45) is 2.09. The van der Waals surface area contributed by atoms with E-state index in [4.69, 9.17) is 4.74 Å². The molecule has 1 aromatic rings. The van der Waals surface area contributed by atoms with Gasteiger partial charge < -0.3 is 15.4 Å². The lowest BCUT2D eigenvalue weighted by Crippen LogP contribution is -2.37. The number of benzene rings is 1. The molecule has 0 bridgehead atoms. The average molecular weight is 405 g/mol. The van der Waals surface area contributed by atoms with E-state index in [9.17, 15) is 0 Å². The zero-order chi connectivity index (χ0) is 14.5. The van der Waals surface area contributed by atoms with Gasteiger partial charge in [-0.05, 0) is 32.3 Å². The Hall–Kier alpha value is -0.820. The van der Waals surface area contributed by atoms with Gasteiger partial charge in [0, 0.05) is 26.2 Å². The van der Waals surface area contributed by atoms with Gasteiger partial charge in [0.1, 0.15) is 0 Å². The number of unbranched alkanes of at least 4 members (excludes halogenated alkanes) is 1. The van der Waals surface area contributed by atoms with Crippen molar-refractivity contribution in [2.45, 2.75) is 33.3 Å². The number of guanidine groups is 1. The fourth-order valence-corrected chi connectivity index (χ4v) is 1.78. The maximum atomic E-state index is 5.64. The Kier molecular flexibility index (Phi) is 13.6. The minimum atomic E-state index is 0. The molecular weight excluding hydrogens is 377 g/mol. The van der Waals surface area contributed by atoms with E-state index in [1.807, 2.05) is 18.2 Å². The molecule has 120 valence electrons. The van der Waals surface area contributed by atoms with Crippen molar-refractivity contribution >= 4 is 29.9 Å². The number of ether oxygens (including phenoxy) is 1. The van der Waals surface area contributed by atoms with Crippen LogP contribution in [0.5, 0.6) is 0 Å². The molecule has 2 N–H and O–H groups in total. The maximum absolute atomic E-state index is 5.64. The summed E-state index contributed by atoms with van der Waals surface area (Å²) in [5.41, 5.74) is 1.23. The molecule has 0 heterocycles. The van der Waals surface area contributed by atoms with Crippen LogP contribution in [0.1, 0.15) is 32.3 Å². The summed E-state index contributed by atoms with van der Waals surface area (Å²) in [4.78, 5) is 4.50. The smallest absolute Gasteiger partial charge is 0.191 e. The molecule has 0 amide bonds. The van der Waals surface area contributed by atoms with Gasteiger partial charge in [-0.3, -0.25) is 4.99 Å². The monoisotopic (exact) mass is 405 g/mol. The fraction of sp³-hybridized carbons (Fsp3) is 0.562. The maximum Gasteiger partial charge on any atom is 0.191 e. The molecule has 0 unspecified atom stereocenters. The van der Waals surface area contributed by atoms with Crippen LogP contribution in [0.25, 0.3) is 0 Å². The highest BCUT2D eigenvalue weighted by atomic mass is 127. The van der Waals surface area contributed by atoms with Crippen LogP contribution in [-0.4, -0.2) is 32.2 Å². The van der Waals surface area contributed by atoms with Gasteiger partial charge in [0.15, 0.2) is 5.96 Å². The highest BCUT2D eigenvalue weighted by molar-refractivity contribution is 14.0. The zero-order valence-corrected chi connectivity index (χ0v) is 15.4. The van der Waals surface area contributed by atoms with Gasteiger partial charge in [0.2, 0.25) is 0 Å². The van der Waals surface area contributed by atoms with Crippen LogP contribution < -0.4 is 10.6 Å². The summed E-state index contributed by atoms with van der Waals surface area (Å²) in [6.45, 7) is 8.27. The van der Waals surface area contributed by atoms with E-state index in [2.05, 4.69) is 41.6 Å². The molecule has 0 saturated heterocycles. The van der Waals surface area contributed by atoms with Gasteiger partial charge in [0.25, 0.3) is 0 Å². The Morgan fingerprint density at radius 2 is 1.71 bits per heavy atom. The van der Waals surface area contributed by atoms with E-state index >= 15 is 0 Å². The number of aliphatic imine (C=N–C) groups is 1. The predicted molar refractivity (Wildman–Crippen MR) is 100 cm³/mol. The second kappa shape index (κ2) is 14.1. The second-order valence-corrected chi connectivity index (χ2v) is 4.54. The van der Waals surface area contributed by atoms with Gasteiger partial charge in [-0.15, -0.1) is 24.0 Å². The Bertz CT molecular complexity index is 363. The number of hydrogen-bond donors (Lipinski definition) is 2. The van der Waals surface area contributed by atoms with Crippen molar-refractivity contribution in [1.29, 1.82) is 0 Å². The Morgan fingerprint density at radius 1 is 1.05 bits per heavy atom. The molecule has 21 heavy (non-hydrogen) atoms. The highest BCUT2D eigenvalue weighted by Crippen LogP contribution is 2.01. The van der Waals surface area contributed by atoms with Crippen molar-refractivity contribution in [1.82, 2.24) is 10.6 Å². The summed E-state index contributed by atoms with van der Waals surface area (Å²) in [5, 5.41) is 6.43. The summed E-state index contributed by atoms with van der Waals surface area (Å²) in [5.74, 6) is 0.903. The van der Waals surface area contributed by atoms with Crippen molar-refractivity contribution in [3.05, 3.63) is 35.9 Å². The summed E-state index contributed by atoms with van der Waals surface area (Å²) < 4.78 is 5.64. The number of rotatable bonds is 9. The summed E-state index contributed by atoms with van der Waals surface area (Å²) >= 11 is 0. The van der Waals surface area contributed by atoms with Crippen molar-refractivity contribution in [3.8, 4) is 0 Å². The van der Waals surface area contributed by atoms with Gasteiger partial charge in [-0.25, -0.2) is 0 Å². The van der Waals surface area contributed by atoms with Crippen molar-refractivity contribution in [2.75, 3.05) is 26.2 Å². The van der Waals surface area contributed by atoms with Crippen LogP contribution in [0.2, 0.25) is 0 Å². The molecule has 0 aliphatic heterocycles. The SMILES string of the molecule is CCNC(=NCCCCOCc1ccccc1)NCC.I. The first-order valence-corrected chi connectivity index (χ1v) is 7.50. The molecule has 0 spiro atoms. The molecule has 1 aromatic carbocycles. The number of halogens is 1. The molecular formula is C16H28IN3O. The minimum absolute atomic E-state index is 0. The normalized spacial score (nSPS) is 9.62. The Balaban J connectivity index is 0.00000400. The molecule has 4 nitrogen and oxygen atoms in total. The molecule has 5 heteroatoms. The second-order valence-electron chi connectivity index (χ2n) is 4.54. The van der Waals surface area contributed by atoms with Crippen molar-refractivity contribution in [2.24, 2.45) is 4.99 Å². The van der Waals surface area contributed by atoms with Crippen molar-refractivity contribution < 1.29 is 4.74 Å². The average Bonchev–Trinajstić information content (AvgIpc) is 2.47. The largest absolute Gasteiger partial charge is 0.377 e. The first-order chi connectivity index (χ1) is 9.86.